The summed E-state index contributed by atoms with van der Waals surface area (Å²) in [5.41, 5.74) is 6.09. The number of ether oxygens (including phenoxy) is 1. The van der Waals surface area contributed by atoms with Crippen LogP contribution in [0.5, 0.6) is 5.88 Å². The van der Waals surface area contributed by atoms with E-state index in [4.69, 9.17) is 16.4 Å². The number of aryl methyl sites for hydroxylation is 3. The summed E-state index contributed by atoms with van der Waals surface area (Å²) in [4.78, 5) is 16.0. The molecule has 2 amide bonds. The summed E-state index contributed by atoms with van der Waals surface area (Å²) in [6.07, 6.45) is 0. The Labute approximate surface area is 135 Å². The van der Waals surface area contributed by atoms with Crippen LogP contribution in [0.4, 0.5) is 10.5 Å². The monoisotopic (exact) mass is 315 g/mol. The van der Waals surface area contributed by atoms with Crippen molar-refractivity contribution in [2.24, 2.45) is 11.7 Å². The van der Waals surface area contributed by atoms with Crippen LogP contribution < -0.4 is 26.9 Å². The molecule has 0 fully saturated rings. The van der Waals surface area contributed by atoms with Gasteiger partial charge in [-0.15, -0.1) is 0 Å². The van der Waals surface area contributed by atoms with E-state index >= 15 is 0 Å². The highest BCUT2D eigenvalue weighted by molar-refractivity contribution is 5.91. The van der Waals surface area contributed by atoms with Crippen molar-refractivity contribution >= 4 is 11.7 Å². The third-order valence-electron chi connectivity index (χ3n) is 3.53. The lowest BCUT2D eigenvalue weighted by Crippen LogP contribution is -2.48. The largest absolute Gasteiger partial charge is 0.473 e. The highest BCUT2D eigenvalue weighted by Crippen LogP contribution is 2.24. The number of pyridine rings is 1. The Kier molecular flexibility index (Phi) is 5.15. The van der Waals surface area contributed by atoms with Crippen LogP contribution in [0.2, 0.25) is 0 Å². The van der Waals surface area contributed by atoms with E-state index in [1.54, 1.807) is 6.07 Å². The fourth-order valence-electron chi connectivity index (χ4n) is 2.17. The zero-order valence-electron chi connectivity index (χ0n) is 13.5. The first-order chi connectivity index (χ1) is 10.9. The molecular weight excluding hydrogens is 294 g/mol. The predicted molar refractivity (Wildman–Crippen MR) is 88.6 cm³/mol. The van der Waals surface area contributed by atoms with Crippen molar-refractivity contribution in [1.29, 1.82) is 0 Å². The standard InChI is InChI=1S/C16H21N5O2/c1-10-5-4-6-14(21(18)16(22)20-17)13(10)9-23-15-11(2)7-8-12(3)19-15/h4-8H,9,17-18H2,1-3H3,(H,20,22). The maximum absolute atomic E-state index is 11.7. The van der Waals surface area contributed by atoms with Crippen LogP contribution in [0.3, 0.4) is 0 Å². The van der Waals surface area contributed by atoms with E-state index in [-0.39, 0.29) is 6.61 Å². The molecule has 7 heteroatoms. The number of rotatable bonds is 4. The molecule has 0 unspecified atom stereocenters. The summed E-state index contributed by atoms with van der Waals surface area (Å²) in [5, 5.41) is 0.961. The minimum Gasteiger partial charge on any atom is -0.473 e. The van der Waals surface area contributed by atoms with Gasteiger partial charge in [0.25, 0.3) is 0 Å². The Balaban J connectivity index is 2.29. The molecule has 0 aliphatic rings. The van der Waals surface area contributed by atoms with E-state index in [0.717, 1.165) is 27.4 Å². The number of nitrogens with one attached hydrogen (secondary N) is 1. The lowest BCUT2D eigenvalue weighted by Gasteiger charge is -2.21. The van der Waals surface area contributed by atoms with Crippen LogP contribution in [0, 0.1) is 20.8 Å². The zero-order valence-corrected chi connectivity index (χ0v) is 13.5. The van der Waals surface area contributed by atoms with E-state index in [1.807, 2.05) is 50.5 Å². The van der Waals surface area contributed by atoms with Crippen LogP contribution >= 0.6 is 0 Å². The molecule has 122 valence electrons. The maximum Gasteiger partial charge on any atom is 0.350 e. The Morgan fingerprint density at radius 2 is 1.96 bits per heavy atom. The van der Waals surface area contributed by atoms with Crippen LogP contribution in [-0.2, 0) is 6.61 Å². The average Bonchev–Trinajstić information content (AvgIpc) is 2.55. The Bertz CT molecular complexity index is 718. The fourth-order valence-corrected chi connectivity index (χ4v) is 2.17. The van der Waals surface area contributed by atoms with Gasteiger partial charge in [-0.25, -0.2) is 26.5 Å². The number of nitrogens with zero attached hydrogens (tertiary/aromatic N) is 2. The molecular formula is C16H21N5O2. The van der Waals surface area contributed by atoms with Gasteiger partial charge < -0.3 is 4.74 Å². The topological polar surface area (TPSA) is 106 Å². The molecule has 0 aliphatic heterocycles. The number of anilines is 1. The van der Waals surface area contributed by atoms with Crippen LogP contribution in [0.1, 0.15) is 22.4 Å². The Morgan fingerprint density at radius 3 is 2.65 bits per heavy atom. The van der Waals surface area contributed by atoms with Gasteiger partial charge in [0, 0.05) is 16.8 Å². The molecule has 0 radical (unpaired) electrons. The summed E-state index contributed by atoms with van der Waals surface area (Å²) >= 11 is 0. The summed E-state index contributed by atoms with van der Waals surface area (Å²) in [6, 6.07) is 8.74. The second-order valence-corrected chi connectivity index (χ2v) is 5.26. The molecule has 7 nitrogen and oxygen atoms in total. The Morgan fingerprint density at radius 1 is 1.22 bits per heavy atom. The van der Waals surface area contributed by atoms with Gasteiger partial charge in [0.05, 0.1) is 5.69 Å². The molecule has 1 aromatic heterocycles. The third-order valence-corrected chi connectivity index (χ3v) is 3.53. The van der Waals surface area contributed by atoms with Crippen molar-refractivity contribution in [2.75, 3.05) is 5.01 Å². The lowest BCUT2D eigenvalue weighted by molar-refractivity contribution is 0.246. The third kappa shape index (κ3) is 3.77. The van der Waals surface area contributed by atoms with Crippen LogP contribution in [0.15, 0.2) is 30.3 Å². The van der Waals surface area contributed by atoms with Crippen molar-refractivity contribution in [3.8, 4) is 5.88 Å². The average molecular weight is 315 g/mol. The first-order valence-electron chi connectivity index (χ1n) is 7.15. The number of hydrazine groups is 2. The normalized spacial score (nSPS) is 10.3. The lowest BCUT2D eigenvalue weighted by atomic mass is 10.1. The van der Waals surface area contributed by atoms with E-state index < -0.39 is 6.03 Å². The molecule has 0 spiro atoms. The summed E-state index contributed by atoms with van der Waals surface area (Å²) in [7, 11) is 0. The SMILES string of the molecule is Cc1ccc(C)c(OCc2c(C)cccc2N(N)C(=O)NN)n1. The van der Waals surface area contributed by atoms with Gasteiger partial charge >= 0.3 is 6.03 Å². The molecule has 2 aromatic rings. The number of urea groups is 1. The molecule has 0 saturated heterocycles. The zero-order chi connectivity index (χ0) is 17.0. The smallest absolute Gasteiger partial charge is 0.350 e. The van der Waals surface area contributed by atoms with E-state index in [2.05, 4.69) is 4.98 Å². The molecule has 2 rings (SSSR count). The van der Waals surface area contributed by atoms with Gasteiger partial charge in [-0.3, -0.25) is 5.43 Å². The van der Waals surface area contributed by atoms with E-state index in [1.165, 1.54) is 0 Å². The number of carbonyl (C=O) groups excluding carboxylic acids is 1. The molecule has 1 heterocycles. The van der Waals surface area contributed by atoms with E-state index in [9.17, 15) is 4.79 Å². The molecule has 23 heavy (non-hydrogen) atoms. The number of nitrogens with two attached hydrogens (primary N) is 2. The van der Waals surface area contributed by atoms with Crippen LogP contribution in [0.25, 0.3) is 0 Å². The van der Waals surface area contributed by atoms with Crippen molar-refractivity contribution in [3.63, 3.8) is 0 Å². The minimum absolute atomic E-state index is 0.241. The van der Waals surface area contributed by atoms with E-state index in [0.29, 0.717) is 11.6 Å². The number of benzene rings is 1. The van der Waals surface area contributed by atoms with Gasteiger partial charge in [-0.1, -0.05) is 18.2 Å². The van der Waals surface area contributed by atoms with Crippen molar-refractivity contribution in [2.45, 2.75) is 27.4 Å². The second kappa shape index (κ2) is 7.08. The van der Waals surface area contributed by atoms with Crippen molar-refractivity contribution < 1.29 is 9.53 Å². The van der Waals surface area contributed by atoms with Gasteiger partial charge in [-0.05, 0) is 38.5 Å². The highest BCUT2D eigenvalue weighted by Gasteiger charge is 2.16. The first-order valence-corrected chi connectivity index (χ1v) is 7.15. The van der Waals surface area contributed by atoms with Crippen molar-refractivity contribution in [1.82, 2.24) is 10.4 Å². The van der Waals surface area contributed by atoms with Gasteiger partial charge in [0.15, 0.2) is 0 Å². The van der Waals surface area contributed by atoms with Gasteiger partial charge in [0.1, 0.15) is 6.61 Å². The molecule has 1 aromatic carbocycles. The quantitative estimate of drug-likeness (QED) is 0.453. The highest BCUT2D eigenvalue weighted by atomic mass is 16.5. The number of hydrogen-bond acceptors (Lipinski definition) is 5. The molecule has 0 aliphatic carbocycles. The second-order valence-electron chi connectivity index (χ2n) is 5.26. The number of carbonyl (C=O) groups is 1. The molecule has 0 bridgehead atoms. The Hall–Kier alpha value is -2.64. The van der Waals surface area contributed by atoms with Crippen LogP contribution in [-0.4, -0.2) is 11.0 Å². The molecule has 0 saturated carbocycles. The van der Waals surface area contributed by atoms with Gasteiger partial charge in [-0.2, -0.15) is 0 Å². The molecule has 0 atom stereocenters. The first kappa shape index (κ1) is 16.7. The summed E-state index contributed by atoms with van der Waals surface area (Å²) < 4.78 is 5.83. The summed E-state index contributed by atoms with van der Waals surface area (Å²) in [6.45, 7) is 5.99. The molecule has 5 N–H and O–H groups in total. The van der Waals surface area contributed by atoms with Crippen molar-refractivity contribution in [3.05, 3.63) is 52.7 Å². The predicted octanol–water partition coefficient (Wildman–Crippen LogP) is 1.85. The number of aromatic nitrogens is 1. The maximum atomic E-state index is 11.7. The summed E-state index contributed by atoms with van der Waals surface area (Å²) in [5.74, 6) is 11.5. The fraction of sp³-hybridized carbons (Fsp3) is 0.250. The van der Waals surface area contributed by atoms with Gasteiger partial charge in [0.2, 0.25) is 5.88 Å². The number of hydrogen-bond donors (Lipinski definition) is 3. The number of amides is 2. The minimum atomic E-state index is -0.610.